The number of ether oxygens (including phenoxy) is 1. The zero-order valence-corrected chi connectivity index (χ0v) is 10.5. The largest absolute Gasteiger partial charge is 0.388 e. The summed E-state index contributed by atoms with van der Waals surface area (Å²) in [6.45, 7) is 4.02. The number of hydrogen-bond donors (Lipinski definition) is 1. The molecule has 1 fully saturated rings. The summed E-state index contributed by atoms with van der Waals surface area (Å²) >= 11 is 0. The molecule has 2 aliphatic rings. The van der Waals surface area contributed by atoms with Crippen molar-refractivity contribution in [1.29, 1.82) is 0 Å². The molecule has 1 aromatic heterocycles. The second-order valence-electron chi connectivity index (χ2n) is 5.61. The molecule has 1 aromatic rings. The van der Waals surface area contributed by atoms with Crippen molar-refractivity contribution < 1.29 is 9.84 Å². The van der Waals surface area contributed by atoms with Gasteiger partial charge in [-0.15, -0.1) is 0 Å². The predicted molar refractivity (Wildman–Crippen MR) is 66.0 cm³/mol. The standard InChI is InChI=1S/C14H21NO2/c1-14(6-9-17-10-7-14)15-8-5-11-12(15)3-2-4-13(11)16/h5,8,13,16H,2-4,6-7,9-10H2,1H3. The molecule has 0 spiro atoms. The minimum atomic E-state index is -0.247. The van der Waals surface area contributed by atoms with Crippen LogP contribution in [0.5, 0.6) is 0 Å². The van der Waals surface area contributed by atoms with E-state index in [1.165, 1.54) is 5.69 Å². The molecule has 1 aliphatic carbocycles. The van der Waals surface area contributed by atoms with Crippen LogP contribution in [0.3, 0.4) is 0 Å². The molecule has 3 rings (SSSR count). The molecule has 2 heterocycles. The average Bonchev–Trinajstić information content (AvgIpc) is 2.76. The monoisotopic (exact) mass is 235 g/mol. The molecule has 1 aliphatic heterocycles. The van der Waals surface area contributed by atoms with Crippen molar-refractivity contribution in [2.45, 2.75) is 50.7 Å². The molecule has 3 heteroatoms. The number of aromatic nitrogens is 1. The lowest BCUT2D eigenvalue weighted by atomic mass is 9.89. The molecule has 94 valence electrons. The first kappa shape index (κ1) is 11.3. The Labute approximate surface area is 102 Å². The van der Waals surface area contributed by atoms with Crippen molar-refractivity contribution >= 4 is 0 Å². The van der Waals surface area contributed by atoms with Gasteiger partial charge in [-0.2, -0.15) is 0 Å². The minimum absolute atomic E-state index is 0.183. The van der Waals surface area contributed by atoms with Crippen LogP contribution in [-0.2, 0) is 16.7 Å². The van der Waals surface area contributed by atoms with Crippen LogP contribution in [0.4, 0.5) is 0 Å². The average molecular weight is 235 g/mol. The van der Waals surface area contributed by atoms with Gasteiger partial charge in [-0.25, -0.2) is 0 Å². The van der Waals surface area contributed by atoms with Crippen LogP contribution in [0.15, 0.2) is 12.3 Å². The Morgan fingerprint density at radius 3 is 2.94 bits per heavy atom. The normalized spacial score (nSPS) is 27.8. The summed E-state index contributed by atoms with van der Waals surface area (Å²) in [6.07, 6.45) is 7.19. The Morgan fingerprint density at radius 2 is 2.18 bits per heavy atom. The Balaban J connectivity index is 1.98. The molecule has 0 bridgehead atoms. The Bertz CT molecular complexity index is 404. The van der Waals surface area contributed by atoms with Crippen LogP contribution in [0.1, 0.15) is 50.0 Å². The second kappa shape index (κ2) is 4.14. The summed E-state index contributed by atoms with van der Waals surface area (Å²) in [5, 5.41) is 10.0. The number of aliphatic hydroxyl groups is 1. The third-order valence-electron chi connectivity index (χ3n) is 4.43. The Morgan fingerprint density at radius 1 is 1.41 bits per heavy atom. The van der Waals surface area contributed by atoms with E-state index in [-0.39, 0.29) is 11.6 Å². The van der Waals surface area contributed by atoms with E-state index < -0.39 is 0 Å². The van der Waals surface area contributed by atoms with E-state index in [0.29, 0.717) is 0 Å². The molecule has 0 amide bonds. The van der Waals surface area contributed by atoms with Gasteiger partial charge < -0.3 is 14.4 Å². The summed E-state index contributed by atoms with van der Waals surface area (Å²) < 4.78 is 7.88. The van der Waals surface area contributed by atoms with Crippen LogP contribution in [0.2, 0.25) is 0 Å². The fourth-order valence-electron chi connectivity index (χ4n) is 3.22. The van der Waals surface area contributed by atoms with Crippen molar-refractivity contribution in [3.05, 3.63) is 23.5 Å². The van der Waals surface area contributed by atoms with E-state index in [4.69, 9.17) is 4.74 Å². The van der Waals surface area contributed by atoms with Crippen molar-refractivity contribution in [2.75, 3.05) is 13.2 Å². The first-order valence-electron chi connectivity index (χ1n) is 6.67. The molecule has 0 radical (unpaired) electrons. The van der Waals surface area contributed by atoms with Crippen molar-refractivity contribution in [2.24, 2.45) is 0 Å². The fraction of sp³-hybridized carbons (Fsp3) is 0.714. The second-order valence-corrected chi connectivity index (χ2v) is 5.61. The Hall–Kier alpha value is -0.800. The lowest BCUT2D eigenvalue weighted by Gasteiger charge is -2.37. The van der Waals surface area contributed by atoms with Gasteiger partial charge in [0.1, 0.15) is 0 Å². The minimum Gasteiger partial charge on any atom is -0.388 e. The topological polar surface area (TPSA) is 34.4 Å². The summed E-state index contributed by atoms with van der Waals surface area (Å²) in [5.74, 6) is 0. The number of aliphatic hydroxyl groups excluding tert-OH is 1. The third kappa shape index (κ3) is 1.81. The molecule has 3 nitrogen and oxygen atoms in total. The van der Waals surface area contributed by atoms with Gasteiger partial charge in [-0.05, 0) is 45.1 Å². The Kier molecular flexibility index (Phi) is 2.75. The van der Waals surface area contributed by atoms with Gasteiger partial charge in [0.25, 0.3) is 0 Å². The first-order valence-corrected chi connectivity index (χ1v) is 6.67. The van der Waals surface area contributed by atoms with E-state index in [1.807, 2.05) is 0 Å². The quantitative estimate of drug-likeness (QED) is 0.811. The highest BCUT2D eigenvalue weighted by molar-refractivity contribution is 5.28. The van der Waals surface area contributed by atoms with Gasteiger partial charge in [0.15, 0.2) is 0 Å². The van der Waals surface area contributed by atoms with Crippen molar-refractivity contribution in [1.82, 2.24) is 4.57 Å². The van der Waals surface area contributed by atoms with Crippen LogP contribution < -0.4 is 0 Å². The molecule has 0 saturated carbocycles. The van der Waals surface area contributed by atoms with Gasteiger partial charge in [-0.3, -0.25) is 0 Å². The van der Waals surface area contributed by atoms with Crippen LogP contribution in [0, 0.1) is 0 Å². The molecule has 0 aromatic carbocycles. The number of nitrogens with zero attached hydrogens (tertiary/aromatic N) is 1. The van der Waals surface area contributed by atoms with E-state index in [1.54, 1.807) is 0 Å². The summed E-state index contributed by atoms with van der Waals surface area (Å²) in [4.78, 5) is 0. The molecular formula is C14H21NO2. The maximum absolute atomic E-state index is 10.0. The van der Waals surface area contributed by atoms with Gasteiger partial charge in [-0.1, -0.05) is 0 Å². The van der Waals surface area contributed by atoms with Gasteiger partial charge >= 0.3 is 0 Å². The highest BCUT2D eigenvalue weighted by Crippen LogP contribution is 2.37. The zero-order chi connectivity index (χ0) is 11.9. The van der Waals surface area contributed by atoms with Crippen LogP contribution in [-0.4, -0.2) is 22.9 Å². The molecule has 1 saturated heterocycles. The number of fused-ring (bicyclic) bond motifs is 1. The zero-order valence-electron chi connectivity index (χ0n) is 10.5. The van der Waals surface area contributed by atoms with E-state index in [9.17, 15) is 5.11 Å². The molecular weight excluding hydrogens is 214 g/mol. The number of rotatable bonds is 1. The van der Waals surface area contributed by atoms with Gasteiger partial charge in [0, 0.05) is 36.2 Å². The predicted octanol–water partition coefficient (Wildman–Crippen LogP) is 2.38. The van der Waals surface area contributed by atoms with Crippen molar-refractivity contribution in [3.63, 3.8) is 0 Å². The molecule has 17 heavy (non-hydrogen) atoms. The van der Waals surface area contributed by atoms with Crippen LogP contribution >= 0.6 is 0 Å². The smallest absolute Gasteiger partial charge is 0.0807 e. The maximum atomic E-state index is 10.0. The van der Waals surface area contributed by atoms with E-state index in [0.717, 1.165) is 50.9 Å². The lowest BCUT2D eigenvalue weighted by molar-refractivity contribution is 0.0279. The highest BCUT2D eigenvalue weighted by Gasteiger charge is 2.33. The van der Waals surface area contributed by atoms with Gasteiger partial charge in [0.2, 0.25) is 0 Å². The summed E-state index contributed by atoms with van der Waals surface area (Å²) in [5.41, 5.74) is 2.69. The number of hydrogen-bond acceptors (Lipinski definition) is 2. The highest BCUT2D eigenvalue weighted by atomic mass is 16.5. The lowest BCUT2D eigenvalue weighted by Crippen LogP contribution is -2.37. The van der Waals surface area contributed by atoms with E-state index in [2.05, 4.69) is 23.8 Å². The van der Waals surface area contributed by atoms with Crippen LogP contribution in [0.25, 0.3) is 0 Å². The molecule has 1 unspecified atom stereocenters. The fourth-order valence-corrected chi connectivity index (χ4v) is 3.22. The van der Waals surface area contributed by atoms with E-state index >= 15 is 0 Å². The third-order valence-corrected chi connectivity index (χ3v) is 4.43. The molecule has 1 N–H and O–H groups in total. The van der Waals surface area contributed by atoms with Crippen molar-refractivity contribution in [3.8, 4) is 0 Å². The summed E-state index contributed by atoms with van der Waals surface area (Å²) in [7, 11) is 0. The maximum Gasteiger partial charge on any atom is 0.0807 e. The summed E-state index contributed by atoms with van der Waals surface area (Å²) in [6, 6.07) is 2.11. The molecule has 1 atom stereocenters. The van der Waals surface area contributed by atoms with Gasteiger partial charge in [0.05, 0.1) is 6.10 Å². The SMILES string of the molecule is CC1(n2ccc3c2CCCC3O)CCOCC1. The first-order chi connectivity index (χ1) is 8.21.